The molecule has 142 valence electrons. The zero-order valence-corrected chi connectivity index (χ0v) is 16.2. The predicted molar refractivity (Wildman–Crippen MR) is 104 cm³/mol. The van der Waals surface area contributed by atoms with Crippen LogP contribution in [0.15, 0.2) is 29.1 Å². The normalized spacial score (nSPS) is 11.3. The van der Waals surface area contributed by atoms with Gasteiger partial charge in [-0.25, -0.2) is 4.68 Å². The summed E-state index contributed by atoms with van der Waals surface area (Å²) < 4.78 is 6.44. The quantitative estimate of drug-likeness (QED) is 0.667. The summed E-state index contributed by atoms with van der Waals surface area (Å²) in [5, 5.41) is 17.4. The van der Waals surface area contributed by atoms with Crippen molar-refractivity contribution in [2.24, 2.45) is 5.92 Å². The molecule has 0 radical (unpaired) electrons. The van der Waals surface area contributed by atoms with E-state index < -0.39 is 0 Å². The zero-order valence-electron chi connectivity index (χ0n) is 15.4. The van der Waals surface area contributed by atoms with Crippen LogP contribution in [0.25, 0.3) is 10.8 Å². The molecule has 2 heterocycles. The molecule has 1 amide bonds. The summed E-state index contributed by atoms with van der Waals surface area (Å²) in [6.07, 6.45) is 0.0398. The first-order valence-electron chi connectivity index (χ1n) is 8.58. The number of nitrogens with one attached hydrogen (secondary N) is 1. The van der Waals surface area contributed by atoms with Crippen LogP contribution in [-0.2, 0) is 29.1 Å². The summed E-state index contributed by atoms with van der Waals surface area (Å²) >= 11 is 1.26. The van der Waals surface area contributed by atoms with E-state index in [0.717, 1.165) is 0 Å². The maximum Gasteiger partial charge on any atom is 0.274 e. The van der Waals surface area contributed by atoms with E-state index in [1.165, 1.54) is 16.0 Å². The summed E-state index contributed by atoms with van der Waals surface area (Å²) in [4.78, 5) is 25.1. The van der Waals surface area contributed by atoms with Gasteiger partial charge in [-0.3, -0.25) is 9.59 Å². The van der Waals surface area contributed by atoms with Gasteiger partial charge in [0, 0.05) is 19.0 Å². The number of rotatable bonds is 7. The first-order chi connectivity index (χ1) is 13.0. The van der Waals surface area contributed by atoms with Gasteiger partial charge in [-0.15, -0.1) is 10.2 Å². The van der Waals surface area contributed by atoms with Crippen molar-refractivity contribution in [3.8, 4) is 0 Å². The number of methoxy groups -OCH3 is 1. The van der Waals surface area contributed by atoms with E-state index in [1.54, 1.807) is 13.2 Å². The Hall–Kier alpha value is -2.65. The van der Waals surface area contributed by atoms with Crippen LogP contribution in [-0.4, -0.2) is 33.0 Å². The third kappa shape index (κ3) is 4.55. The number of anilines is 1. The Balaban J connectivity index is 1.87. The highest BCUT2D eigenvalue weighted by Gasteiger charge is 2.15. The molecule has 1 aromatic carbocycles. The third-order valence-electron chi connectivity index (χ3n) is 3.79. The number of benzene rings is 1. The Morgan fingerprint density at radius 2 is 2.00 bits per heavy atom. The van der Waals surface area contributed by atoms with Crippen molar-refractivity contribution in [1.29, 1.82) is 0 Å². The van der Waals surface area contributed by atoms with Gasteiger partial charge in [0.1, 0.15) is 11.6 Å². The maximum absolute atomic E-state index is 12.6. The SMILES string of the molecule is COCc1nnc(NC(=O)Cc2nn(CC(C)C)c(=O)c3ccccc23)s1. The first-order valence-corrected chi connectivity index (χ1v) is 9.39. The lowest BCUT2D eigenvalue weighted by Gasteiger charge is -2.12. The van der Waals surface area contributed by atoms with Gasteiger partial charge in [-0.05, 0) is 12.0 Å². The molecule has 1 N–H and O–H groups in total. The van der Waals surface area contributed by atoms with Crippen LogP contribution in [0.2, 0.25) is 0 Å². The molecule has 0 aliphatic rings. The molecule has 0 bridgehead atoms. The van der Waals surface area contributed by atoms with Gasteiger partial charge in [-0.2, -0.15) is 5.10 Å². The molecule has 0 unspecified atom stereocenters. The Kier molecular flexibility index (Phi) is 5.92. The second-order valence-corrected chi connectivity index (χ2v) is 7.59. The predicted octanol–water partition coefficient (Wildman–Crippen LogP) is 2.23. The average molecular weight is 387 g/mol. The zero-order chi connectivity index (χ0) is 19.4. The number of carbonyl (C=O) groups is 1. The smallest absolute Gasteiger partial charge is 0.274 e. The van der Waals surface area contributed by atoms with E-state index >= 15 is 0 Å². The van der Waals surface area contributed by atoms with Gasteiger partial charge in [0.2, 0.25) is 11.0 Å². The highest BCUT2D eigenvalue weighted by molar-refractivity contribution is 7.15. The van der Waals surface area contributed by atoms with Crippen LogP contribution in [0.5, 0.6) is 0 Å². The molecule has 27 heavy (non-hydrogen) atoms. The van der Waals surface area contributed by atoms with Crippen molar-refractivity contribution in [3.05, 3.63) is 45.3 Å². The summed E-state index contributed by atoms with van der Waals surface area (Å²) in [5.74, 6) is 0.00107. The molecule has 8 nitrogen and oxygen atoms in total. The molecule has 3 rings (SSSR count). The van der Waals surface area contributed by atoms with Gasteiger partial charge in [0.15, 0.2) is 0 Å². The summed E-state index contributed by atoms with van der Waals surface area (Å²) in [7, 11) is 1.57. The number of carbonyl (C=O) groups excluding carboxylic acids is 1. The van der Waals surface area contributed by atoms with Crippen LogP contribution in [0.1, 0.15) is 24.5 Å². The fraction of sp³-hybridized carbons (Fsp3) is 0.389. The number of aromatic nitrogens is 4. The van der Waals surface area contributed by atoms with Crippen LogP contribution in [0, 0.1) is 5.92 Å². The van der Waals surface area contributed by atoms with E-state index in [2.05, 4.69) is 20.6 Å². The van der Waals surface area contributed by atoms with Gasteiger partial charge in [0.25, 0.3) is 5.56 Å². The average Bonchev–Trinajstić information content (AvgIpc) is 3.06. The molecule has 0 aliphatic heterocycles. The molecule has 0 saturated heterocycles. The van der Waals surface area contributed by atoms with E-state index in [-0.39, 0.29) is 23.8 Å². The second kappa shape index (κ2) is 8.36. The van der Waals surface area contributed by atoms with Crippen molar-refractivity contribution in [2.45, 2.75) is 33.4 Å². The summed E-state index contributed by atoms with van der Waals surface area (Å²) in [6, 6.07) is 7.22. The van der Waals surface area contributed by atoms with Crippen molar-refractivity contribution < 1.29 is 9.53 Å². The Bertz CT molecular complexity index is 1010. The van der Waals surface area contributed by atoms with E-state index in [1.807, 2.05) is 32.0 Å². The highest BCUT2D eigenvalue weighted by Crippen LogP contribution is 2.18. The molecular formula is C18H21N5O3S. The summed E-state index contributed by atoms with van der Waals surface area (Å²) in [6.45, 7) is 4.88. The minimum Gasteiger partial charge on any atom is -0.377 e. The number of amides is 1. The van der Waals surface area contributed by atoms with Crippen molar-refractivity contribution in [3.63, 3.8) is 0 Å². The van der Waals surface area contributed by atoms with E-state index in [4.69, 9.17) is 4.74 Å². The van der Waals surface area contributed by atoms with Crippen LogP contribution in [0.3, 0.4) is 0 Å². The monoisotopic (exact) mass is 387 g/mol. The number of fused-ring (bicyclic) bond motifs is 1. The minimum atomic E-state index is -0.262. The molecule has 0 atom stereocenters. The number of ether oxygens (including phenoxy) is 1. The molecule has 0 spiro atoms. The molecular weight excluding hydrogens is 366 g/mol. The van der Waals surface area contributed by atoms with Crippen LogP contribution < -0.4 is 10.9 Å². The molecule has 0 aliphatic carbocycles. The third-order valence-corrected chi connectivity index (χ3v) is 4.60. The van der Waals surface area contributed by atoms with Crippen LogP contribution in [0.4, 0.5) is 5.13 Å². The molecule has 9 heteroatoms. The number of hydrogen-bond acceptors (Lipinski definition) is 7. The molecule has 2 aromatic heterocycles. The van der Waals surface area contributed by atoms with E-state index in [9.17, 15) is 9.59 Å². The highest BCUT2D eigenvalue weighted by atomic mass is 32.1. The lowest BCUT2D eigenvalue weighted by Crippen LogP contribution is -2.28. The standard InChI is InChI=1S/C18H21N5O3S/c1-11(2)9-23-17(25)13-7-5-4-6-12(13)14(22-23)8-15(24)19-18-21-20-16(27-18)10-26-3/h4-7,11H,8-10H2,1-3H3,(H,19,21,24). The van der Waals surface area contributed by atoms with E-state index in [0.29, 0.717) is 39.8 Å². The van der Waals surface area contributed by atoms with Crippen molar-refractivity contribution >= 4 is 33.1 Å². The van der Waals surface area contributed by atoms with Crippen molar-refractivity contribution in [2.75, 3.05) is 12.4 Å². The molecule has 0 saturated carbocycles. The fourth-order valence-electron chi connectivity index (χ4n) is 2.71. The number of hydrogen-bond donors (Lipinski definition) is 1. The lowest BCUT2D eigenvalue weighted by atomic mass is 10.1. The topological polar surface area (TPSA) is 99.0 Å². The van der Waals surface area contributed by atoms with Crippen molar-refractivity contribution in [1.82, 2.24) is 20.0 Å². The van der Waals surface area contributed by atoms with Gasteiger partial charge < -0.3 is 10.1 Å². The Morgan fingerprint density at radius 3 is 2.70 bits per heavy atom. The Labute approximate surface area is 160 Å². The summed E-state index contributed by atoms with van der Waals surface area (Å²) in [5.41, 5.74) is 0.418. The molecule has 0 fully saturated rings. The second-order valence-electron chi connectivity index (χ2n) is 6.53. The Morgan fingerprint density at radius 1 is 1.26 bits per heavy atom. The first kappa shape index (κ1) is 19.1. The van der Waals surface area contributed by atoms with Gasteiger partial charge in [0.05, 0.1) is 17.5 Å². The lowest BCUT2D eigenvalue weighted by molar-refractivity contribution is -0.115. The van der Waals surface area contributed by atoms with Gasteiger partial charge in [-0.1, -0.05) is 43.4 Å². The van der Waals surface area contributed by atoms with Gasteiger partial charge >= 0.3 is 0 Å². The minimum absolute atomic E-state index is 0.0398. The largest absolute Gasteiger partial charge is 0.377 e. The number of nitrogens with zero attached hydrogens (tertiary/aromatic N) is 4. The fourth-order valence-corrected chi connectivity index (χ4v) is 3.44. The maximum atomic E-state index is 12.6. The van der Waals surface area contributed by atoms with Crippen LogP contribution >= 0.6 is 11.3 Å². The molecule has 3 aromatic rings.